The van der Waals surface area contributed by atoms with Crippen molar-refractivity contribution in [1.82, 2.24) is 0 Å². The molecule has 0 saturated carbocycles. The third-order valence-corrected chi connectivity index (χ3v) is 2.44. The Hall–Kier alpha value is -2.15. The first-order valence-electron chi connectivity index (χ1n) is 5.47. The molecule has 0 aliphatic rings. The van der Waals surface area contributed by atoms with E-state index in [1.165, 1.54) is 0 Å². The molecule has 0 saturated heterocycles. The second kappa shape index (κ2) is 5.97. The second-order valence-electron chi connectivity index (χ2n) is 3.88. The highest BCUT2D eigenvalue weighted by Crippen LogP contribution is 2.27. The third kappa shape index (κ3) is 3.70. The van der Waals surface area contributed by atoms with Crippen LogP contribution < -0.4 is 11.1 Å². The van der Waals surface area contributed by atoms with Crippen molar-refractivity contribution in [1.29, 1.82) is 0 Å². The van der Waals surface area contributed by atoms with E-state index in [0.717, 1.165) is 18.2 Å². The van der Waals surface area contributed by atoms with Crippen LogP contribution in [0.1, 0.15) is 19.8 Å². The summed E-state index contributed by atoms with van der Waals surface area (Å²) in [5.41, 5.74) is 5.42. The molecule has 1 unspecified atom stereocenters. The summed E-state index contributed by atoms with van der Waals surface area (Å²) in [5.74, 6) is -0.612. The van der Waals surface area contributed by atoms with Gasteiger partial charge in [0.05, 0.1) is 10.6 Å². The molecule has 7 heteroatoms. The minimum atomic E-state index is -0.604. The summed E-state index contributed by atoms with van der Waals surface area (Å²) < 4.78 is 0. The average molecular weight is 253 g/mol. The van der Waals surface area contributed by atoms with Gasteiger partial charge in [0.15, 0.2) is 0 Å². The van der Waals surface area contributed by atoms with Gasteiger partial charge in [0.2, 0.25) is 5.91 Å². The average Bonchev–Trinajstić information content (AvgIpc) is 2.31. The highest BCUT2D eigenvalue weighted by atomic mass is 16.6. The summed E-state index contributed by atoms with van der Waals surface area (Å²) in [6.45, 7) is 1.85. The molecule has 1 aromatic carbocycles. The fourth-order valence-electron chi connectivity index (χ4n) is 1.32. The molecule has 0 aromatic heterocycles. The number of carbonyl (C=O) groups excluding carboxylic acids is 1. The zero-order valence-corrected chi connectivity index (χ0v) is 9.92. The van der Waals surface area contributed by atoms with Crippen molar-refractivity contribution >= 4 is 17.3 Å². The molecule has 4 N–H and O–H groups in total. The quantitative estimate of drug-likeness (QED) is 0.416. The van der Waals surface area contributed by atoms with Crippen LogP contribution in [-0.2, 0) is 4.79 Å². The molecule has 1 amide bonds. The number of non-ortho nitro benzene ring substituents is 1. The Morgan fingerprint density at radius 2 is 2.28 bits per heavy atom. The standard InChI is InChI=1S/C11H15N3O4/c1-2-7(12)5-11(16)13-9-6-8(14(17)18)3-4-10(9)15/h3-4,6-7,15H,2,5,12H2,1H3,(H,13,16). The predicted molar refractivity (Wildman–Crippen MR) is 66.3 cm³/mol. The van der Waals surface area contributed by atoms with Crippen LogP contribution in [0, 0.1) is 10.1 Å². The molecule has 1 aromatic rings. The number of nitrogens with two attached hydrogens (primary N) is 1. The van der Waals surface area contributed by atoms with Crippen LogP contribution in [0.4, 0.5) is 11.4 Å². The van der Waals surface area contributed by atoms with Gasteiger partial charge in [-0.3, -0.25) is 14.9 Å². The van der Waals surface area contributed by atoms with Crippen LogP contribution in [0.5, 0.6) is 5.75 Å². The van der Waals surface area contributed by atoms with E-state index in [4.69, 9.17) is 5.73 Å². The van der Waals surface area contributed by atoms with E-state index in [2.05, 4.69) is 5.32 Å². The molecular weight excluding hydrogens is 238 g/mol. The lowest BCUT2D eigenvalue weighted by molar-refractivity contribution is -0.384. The van der Waals surface area contributed by atoms with Crippen molar-refractivity contribution < 1.29 is 14.8 Å². The van der Waals surface area contributed by atoms with Crippen LogP contribution in [-0.4, -0.2) is 22.0 Å². The molecule has 18 heavy (non-hydrogen) atoms. The highest BCUT2D eigenvalue weighted by molar-refractivity contribution is 5.92. The molecule has 0 bridgehead atoms. The molecule has 1 atom stereocenters. The lowest BCUT2D eigenvalue weighted by Crippen LogP contribution is -2.26. The van der Waals surface area contributed by atoms with Crippen molar-refractivity contribution in [2.45, 2.75) is 25.8 Å². The second-order valence-corrected chi connectivity index (χ2v) is 3.88. The normalized spacial score (nSPS) is 11.9. The summed E-state index contributed by atoms with van der Waals surface area (Å²) in [6, 6.07) is 3.15. The van der Waals surface area contributed by atoms with Gasteiger partial charge < -0.3 is 16.2 Å². The third-order valence-electron chi connectivity index (χ3n) is 2.44. The van der Waals surface area contributed by atoms with E-state index in [9.17, 15) is 20.0 Å². The van der Waals surface area contributed by atoms with E-state index in [1.54, 1.807) is 0 Å². The van der Waals surface area contributed by atoms with Gasteiger partial charge in [-0.25, -0.2) is 0 Å². The molecule has 0 heterocycles. The lowest BCUT2D eigenvalue weighted by Gasteiger charge is -2.10. The van der Waals surface area contributed by atoms with Gasteiger partial charge >= 0.3 is 0 Å². The number of hydrogen-bond donors (Lipinski definition) is 3. The Labute approximate surface area is 104 Å². The Morgan fingerprint density at radius 1 is 1.61 bits per heavy atom. The zero-order valence-electron chi connectivity index (χ0n) is 9.92. The van der Waals surface area contributed by atoms with Crippen LogP contribution >= 0.6 is 0 Å². The van der Waals surface area contributed by atoms with E-state index in [-0.39, 0.29) is 35.5 Å². The van der Waals surface area contributed by atoms with Crippen LogP contribution in [0.25, 0.3) is 0 Å². The van der Waals surface area contributed by atoms with Crippen molar-refractivity contribution in [3.63, 3.8) is 0 Å². The molecule has 0 radical (unpaired) electrons. The summed E-state index contributed by atoms with van der Waals surface area (Å²) in [7, 11) is 0. The minimum Gasteiger partial charge on any atom is -0.506 e. The van der Waals surface area contributed by atoms with Gasteiger partial charge in [0.1, 0.15) is 5.75 Å². The smallest absolute Gasteiger partial charge is 0.271 e. The first kappa shape index (κ1) is 13.9. The lowest BCUT2D eigenvalue weighted by atomic mass is 10.1. The van der Waals surface area contributed by atoms with Crippen molar-refractivity contribution in [3.8, 4) is 5.75 Å². The fraction of sp³-hybridized carbons (Fsp3) is 0.364. The molecule has 1 rings (SSSR count). The van der Waals surface area contributed by atoms with Crippen molar-refractivity contribution in [2.75, 3.05) is 5.32 Å². The Bertz CT molecular complexity index is 462. The molecule has 98 valence electrons. The minimum absolute atomic E-state index is 0.0116. The SMILES string of the molecule is CCC(N)CC(=O)Nc1cc([N+](=O)[O-])ccc1O. The van der Waals surface area contributed by atoms with Gasteiger partial charge in [-0.15, -0.1) is 0 Å². The molecule has 7 nitrogen and oxygen atoms in total. The zero-order chi connectivity index (χ0) is 13.7. The largest absolute Gasteiger partial charge is 0.506 e. The first-order valence-corrected chi connectivity index (χ1v) is 5.47. The molecule has 0 aliphatic carbocycles. The topological polar surface area (TPSA) is 118 Å². The van der Waals surface area contributed by atoms with E-state index in [0.29, 0.717) is 6.42 Å². The monoisotopic (exact) mass is 253 g/mol. The molecule has 0 spiro atoms. The molecular formula is C11H15N3O4. The summed E-state index contributed by atoms with van der Waals surface area (Å²) in [4.78, 5) is 21.5. The van der Waals surface area contributed by atoms with Crippen molar-refractivity contribution in [3.05, 3.63) is 28.3 Å². The number of benzene rings is 1. The predicted octanol–water partition coefficient (Wildman–Crippen LogP) is 1.37. The number of nitrogens with one attached hydrogen (secondary N) is 1. The van der Waals surface area contributed by atoms with E-state index < -0.39 is 4.92 Å². The number of nitro groups is 1. The molecule has 0 aliphatic heterocycles. The van der Waals surface area contributed by atoms with Gasteiger partial charge in [-0.1, -0.05) is 6.92 Å². The number of hydrogen-bond acceptors (Lipinski definition) is 5. The number of aromatic hydroxyl groups is 1. The number of phenols is 1. The number of amides is 1. The van der Waals surface area contributed by atoms with Crippen LogP contribution in [0.2, 0.25) is 0 Å². The number of nitro benzene ring substituents is 1. The number of carbonyl (C=O) groups is 1. The Balaban J connectivity index is 2.80. The van der Waals surface area contributed by atoms with Gasteiger partial charge in [0.25, 0.3) is 5.69 Å². The maximum absolute atomic E-state index is 11.5. The van der Waals surface area contributed by atoms with Gasteiger partial charge in [-0.05, 0) is 12.5 Å². The fourth-order valence-corrected chi connectivity index (χ4v) is 1.32. The van der Waals surface area contributed by atoms with Gasteiger partial charge in [0, 0.05) is 24.6 Å². The first-order chi connectivity index (χ1) is 8.43. The van der Waals surface area contributed by atoms with E-state index in [1.807, 2.05) is 6.92 Å². The number of nitrogens with zero attached hydrogens (tertiary/aromatic N) is 1. The van der Waals surface area contributed by atoms with Crippen LogP contribution in [0.15, 0.2) is 18.2 Å². The maximum Gasteiger partial charge on any atom is 0.271 e. The summed E-state index contributed by atoms with van der Waals surface area (Å²) in [5, 5.41) is 22.5. The molecule has 0 fully saturated rings. The maximum atomic E-state index is 11.5. The van der Waals surface area contributed by atoms with E-state index >= 15 is 0 Å². The Morgan fingerprint density at radius 3 is 2.83 bits per heavy atom. The Kier molecular flexibility index (Phi) is 4.61. The van der Waals surface area contributed by atoms with Gasteiger partial charge in [-0.2, -0.15) is 0 Å². The number of phenolic OH excluding ortho intramolecular Hbond substituents is 1. The summed E-state index contributed by atoms with van der Waals surface area (Å²) >= 11 is 0. The highest BCUT2D eigenvalue weighted by Gasteiger charge is 2.14. The van der Waals surface area contributed by atoms with Crippen molar-refractivity contribution in [2.24, 2.45) is 5.73 Å². The van der Waals surface area contributed by atoms with Crippen LogP contribution in [0.3, 0.4) is 0 Å². The number of anilines is 1. The summed E-state index contributed by atoms with van der Waals surface area (Å²) in [6.07, 6.45) is 0.743. The number of rotatable bonds is 5.